The number of hydrogen-bond acceptors (Lipinski definition) is 6. The highest BCUT2D eigenvalue weighted by molar-refractivity contribution is 5.82. The Balaban J connectivity index is 0.000000572. The summed E-state index contributed by atoms with van der Waals surface area (Å²) in [7, 11) is 1.38. The number of methoxy groups -OCH3 is 1. The van der Waals surface area contributed by atoms with E-state index in [0.717, 1.165) is 37.6 Å². The summed E-state index contributed by atoms with van der Waals surface area (Å²) in [6, 6.07) is 4.06. The van der Waals surface area contributed by atoms with Gasteiger partial charge in [0.05, 0.1) is 13.2 Å². The highest BCUT2D eigenvalue weighted by atomic mass is 19.4. The Morgan fingerprint density at radius 3 is 2.33 bits per heavy atom. The number of carboxylic acid groups (broad SMARTS) is 1. The molecule has 1 aromatic carbocycles. The van der Waals surface area contributed by atoms with Crippen LogP contribution >= 0.6 is 0 Å². The van der Waals surface area contributed by atoms with Crippen LogP contribution in [-0.2, 0) is 28.9 Å². The molecule has 3 rings (SSSR count). The first-order valence-corrected chi connectivity index (χ1v) is 10.2. The molecule has 1 fully saturated rings. The molecule has 2 aromatic rings. The number of amides is 1. The summed E-state index contributed by atoms with van der Waals surface area (Å²) >= 11 is 0. The highest BCUT2D eigenvalue weighted by Crippen LogP contribution is 2.32. The fraction of sp³-hybridized carbons (Fsp3) is 0.429. The van der Waals surface area contributed by atoms with E-state index >= 15 is 0 Å². The second-order valence-corrected chi connectivity index (χ2v) is 7.32. The number of nitrogens with one attached hydrogen (secondary N) is 2. The zero-order valence-electron chi connectivity index (χ0n) is 18.6. The number of benzene rings is 1. The Kier molecular flexibility index (Phi) is 9.55. The third-order valence-corrected chi connectivity index (χ3v) is 4.72. The lowest BCUT2D eigenvalue weighted by Crippen LogP contribution is -2.40. The van der Waals surface area contributed by atoms with Crippen LogP contribution in [0, 0.1) is 5.82 Å². The molecule has 1 aliphatic heterocycles. The maximum Gasteiger partial charge on any atom is 0.490 e. The largest absolute Gasteiger partial charge is 0.496 e. The van der Waals surface area contributed by atoms with Crippen molar-refractivity contribution >= 4 is 11.9 Å². The molecule has 200 valence electrons. The summed E-state index contributed by atoms with van der Waals surface area (Å²) in [4.78, 5) is 21.0. The van der Waals surface area contributed by atoms with Crippen LogP contribution in [0.5, 0.6) is 11.5 Å². The van der Waals surface area contributed by atoms with E-state index in [1.54, 1.807) is 0 Å². The van der Waals surface area contributed by atoms with E-state index in [0.29, 0.717) is 5.56 Å². The number of aliphatic carboxylic acids is 1. The number of halogens is 7. The lowest BCUT2D eigenvalue weighted by Gasteiger charge is -2.15. The zero-order valence-corrected chi connectivity index (χ0v) is 18.6. The molecule has 1 saturated heterocycles. The van der Waals surface area contributed by atoms with E-state index in [4.69, 9.17) is 19.4 Å². The van der Waals surface area contributed by atoms with E-state index in [9.17, 15) is 35.5 Å². The summed E-state index contributed by atoms with van der Waals surface area (Å²) in [5, 5.41) is 12.9. The first-order valence-electron chi connectivity index (χ1n) is 10.2. The van der Waals surface area contributed by atoms with Gasteiger partial charge in [-0.25, -0.2) is 9.18 Å². The molecule has 2 heterocycles. The third-order valence-electron chi connectivity index (χ3n) is 4.72. The number of alkyl halides is 6. The summed E-state index contributed by atoms with van der Waals surface area (Å²) < 4.78 is 98.9. The summed E-state index contributed by atoms with van der Waals surface area (Å²) in [5.74, 6) is -4.86. The maximum atomic E-state index is 14.4. The quantitative estimate of drug-likeness (QED) is 0.464. The molecule has 0 unspecified atom stereocenters. The van der Waals surface area contributed by atoms with Crippen molar-refractivity contribution in [1.82, 2.24) is 10.6 Å². The van der Waals surface area contributed by atoms with Crippen molar-refractivity contribution in [3.63, 3.8) is 0 Å². The van der Waals surface area contributed by atoms with Crippen LogP contribution < -0.4 is 20.1 Å². The molecule has 1 atom stereocenters. The molecule has 36 heavy (non-hydrogen) atoms. The lowest BCUT2D eigenvalue weighted by molar-refractivity contribution is -0.192. The number of rotatable bonds is 7. The van der Waals surface area contributed by atoms with Gasteiger partial charge in [0.1, 0.15) is 18.1 Å². The second-order valence-electron chi connectivity index (χ2n) is 7.32. The number of furan rings is 1. The van der Waals surface area contributed by atoms with Gasteiger partial charge in [-0.1, -0.05) is 0 Å². The standard InChI is InChI=1S/C19H20F4N2O4.C2HF3O2/c1-27-15-8-16(28-10-12-4-5-17(29-12)19(21,22)23)13(20)7-11(15)9-25-18(26)14-3-2-6-24-14;3-2(4,5)1(6)7/h4-5,7-8,14,24H,2-3,6,9-10H2,1H3,(H,25,26);(H,6,7)/t14-;/m0./s1. The SMILES string of the molecule is COc1cc(OCc2ccc(C(F)(F)F)o2)c(F)cc1CNC(=O)[C@@H]1CCCN1.O=C(O)C(F)(F)F. The molecule has 0 bridgehead atoms. The van der Waals surface area contributed by atoms with Crippen molar-refractivity contribution in [3.05, 3.63) is 47.2 Å². The lowest BCUT2D eigenvalue weighted by atomic mass is 10.1. The second kappa shape index (κ2) is 12.0. The Hall–Kier alpha value is -3.49. The highest BCUT2D eigenvalue weighted by Gasteiger charge is 2.38. The molecule has 0 spiro atoms. The van der Waals surface area contributed by atoms with Gasteiger partial charge in [-0.3, -0.25) is 4.79 Å². The average molecular weight is 530 g/mol. The minimum absolute atomic E-state index is 0.0600. The molecule has 3 N–H and O–H groups in total. The number of carbonyl (C=O) groups is 2. The Morgan fingerprint density at radius 2 is 1.83 bits per heavy atom. The number of carbonyl (C=O) groups excluding carboxylic acids is 1. The van der Waals surface area contributed by atoms with Crippen LogP contribution in [0.25, 0.3) is 0 Å². The van der Waals surface area contributed by atoms with Crippen LogP contribution in [0.2, 0.25) is 0 Å². The Morgan fingerprint density at radius 1 is 1.17 bits per heavy atom. The van der Waals surface area contributed by atoms with Gasteiger partial charge in [0.2, 0.25) is 11.7 Å². The number of carboxylic acids is 1. The molecule has 1 aliphatic rings. The molecule has 0 aliphatic carbocycles. The van der Waals surface area contributed by atoms with Gasteiger partial charge >= 0.3 is 18.3 Å². The molecule has 8 nitrogen and oxygen atoms in total. The van der Waals surface area contributed by atoms with Gasteiger partial charge in [0.25, 0.3) is 0 Å². The van der Waals surface area contributed by atoms with E-state index in [1.165, 1.54) is 13.2 Å². The van der Waals surface area contributed by atoms with Gasteiger partial charge in [0, 0.05) is 18.2 Å². The number of hydrogen-bond donors (Lipinski definition) is 3. The van der Waals surface area contributed by atoms with Crippen molar-refractivity contribution in [2.45, 2.75) is 44.4 Å². The average Bonchev–Trinajstić information content (AvgIpc) is 3.48. The normalized spacial score (nSPS) is 15.6. The predicted octanol–water partition coefficient (Wildman–Crippen LogP) is 4.03. The molecular weight excluding hydrogens is 509 g/mol. The monoisotopic (exact) mass is 530 g/mol. The maximum absolute atomic E-state index is 14.4. The fourth-order valence-corrected chi connectivity index (χ4v) is 2.99. The van der Waals surface area contributed by atoms with Crippen LogP contribution in [0.3, 0.4) is 0 Å². The number of ether oxygens (including phenoxy) is 2. The molecule has 1 aromatic heterocycles. The van der Waals surface area contributed by atoms with Gasteiger partial charge in [0.15, 0.2) is 11.6 Å². The Labute approximate surface area is 199 Å². The minimum Gasteiger partial charge on any atom is -0.496 e. The van der Waals surface area contributed by atoms with E-state index < -0.39 is 29.9 Å². The van der Waals surface area contributed by atoms with Crippen molar-refractivity contribution in [3.8, 4) is 11.5 Å². The van der Waals surface area contributed by atoms with Gasteiger partial charge in [-0.2, -0.15) is 26.3 Å². The first-order chi connectivity index (χ1) is 16.7. The van der Waals surface area contributed by atoms with Crippen LogP contribution in [0.4, 0.5) is 30.7 Å². The Bertz CT molecular complexity index is 1050. The van der Waals surface area contributed by atoms with Crippen molar-refractivity contribution in [2.75, 3.05) is 13.7 Å². The van der Waals surface area contributed by atoms with Gasteiger partial charge < -0.3 is 29.6 Å². The van der Waals surface area contributed by atoms with Crippen molar-refractivity contribution < 1.29 is 59.3 Å². The van der Waals surface area contributed by atoms with Crippen LogP contribution in [0.1, 0.15) is 29.9 Å². The molecule has 0 radical (unpaired) electrons. The smallest absolute Gasteiger partial charge is 0.490 e. The van der Waals surface area contributed by atoms with E-state index in [2.05, 4.69) is 15.1 Å². The van der Waals surface area contributed by atoms with Crippen molar-refractivity contribution in [2.24, 2.45) is 0 Å². The topological polar surface area (TPSA) is 110 Å². The predicted molar refractivity (Wildman–Crippen MR) is 108 cm³/mol. The third kappa shape index (κ3) is 8.32. The van der Waals surface area contributed by atoms with Crippen molar-refractivity contribution in [1.29, 1.82) is 0 Å². The molecule has 15 heteroatoms. The summed E-state index contributed by atoms with van der Waals surface area (Å²) in [5.41, 5.74) is 0.404. The van der Waals surface area contributed by atoms with Gasteiger partial charge in [-0.05, 0) is 37.6 Å². The zero-order chi connectivity index (χ0) is 27.1. The molecule has 1 amide bonds. The van der Waals surface area contributed by atoms with Gasteiger partial charge in [-0.15, -0.1) is 0 Å². The van der Waals surface area contributed by atoms with Crippen LogP contribution in [-0.4, -0.2) is 42.9 Å². The van der Waals surface area contributed by atoms with Crippen LogP contribution in [0.15, 0.2) is 28.7 Å². The minimum atomic E-state index is -5.08. The molecule has 0 saturated carbocycles. The fourth-order valence-electron chi connectivity index (χ4n) is 2.99. The summed E-state index contributed by atoms with van der Waals surface area (Å²) in [6.07, 6.45) is -8.03. The first kappa shape index (κ1) is 28.7. The van der Waals surface area contributed by atoms with E-state index in [1.807, 2.05) is 0 Å². The summed E-state index contributed by atoms with van der Waals surface area (Å²) in [6.45, 7) is 0.451. The molecular formula is C21H21F7N2O6. The van der Waals surface area contributed by atoms with E-state index in [-0.39, 0.29) is 42.4 Å².